The van der Waals surface area contributed by atoms with Crippen LogP contribution in [0.25, 0.3) is 0 Å². The molecule has 0 saturated carbocycles. The molecular weight excluding hydrogens is 284 g/mol. The van der Waals surface area contributed by atoms with E-state index in [-0.39, 0.29) is 18.7 Å². The number of nitrogens with zero attached hydrogens (tertiary/aromatic N) is 2. The quantitative estimate of drug-likeness (QED) is 0.837. The van der Waals surface area contributed by atoms with Gasteiger partial charge in [-0.3, -0.25) is 14.6 Å². The number of rotatable bonds is 4. The number of piperazine rings is 1. The zero-order chi connectivity index (χ0) is 15.7. The Morgan fingerprint density at radius 3 is 2.91 bits per heavy atom. The zero-order valence-corrected chi connectivity index (χ0v) is 13.2. The van der Waals surface area contributed by atoms with Crippen LogP contribution in [0.3, 0.4) is 0 Å². The van der Waals surface area contributed by atoms with Crippen LogP contribution in [0.1, 0.15) is 31.8 Å². The molecule has 0 aromatic carbocycles. The molecule has 3 heterocycles. The smallest absolute Gasteiger partial charge is 0.303 e. The van der Waals surface area contributed by atoms with E-state index in [2.05, 4.69) is 16.7 Å². The van der Waals surface area contributed by atoms with Gasteiger partial charge in [0.2, 0.25) is 0 Å². The summed E-state index contributed by atoms with van der Waals surface area (Å²) in [5.41, 5.74) is 0. The van der Waals surface area contributed by atoms with Crippen molar-refractivity contribution >= 4 is 5.97 Å². The molecule has 0 spiro atoms. The second kappa shape index (κ2) is 6.40. The standard InChI is InChI=1S/C16H24N2O4/c1-11-6-18-8-14(20)5-13(18)7-17(11)9-15-3-4-16(22-15)10-21-12(2)19/h3-4,11,13-14,20H,5-10H2,1-2H3/t11-,13+,14-/m1/s1. The second-order valence-corrected chi connectivity index (χ2v) is 6.42. The summed E-state index contributed by atoms with van der Waals surface area (Å²) in [5, 5.41) is 9.81. The lowest BCUT2D eigenvalue weighted by atomic mass is 10.1. The van der Waals surface area contributed by atoms with Gasteiger partial charge in [0.1, 0.15) is 18.1 Å². The highest BCUT2D eigenvalue weighted by Gasteiger charge is 2.38. The van der Waals surface area contributed by atoms with Gasteiger partial charge >= 0.3 is 5.97 Å². The normalized spacial score (nSPS) is 29.5. The van der Waals surface area contributed by atoms with Crippen LogP contribution in [0.2, 0.25) is 0 Å². The fraction of sp³-hybridized carbons (Fsp3) is 0.688. The van der Waals surface area contributed by atoms with Gasteiger partial charge < -0.3 is 14.3 Å². The first-order valence-electron chi connectivity index (χ1n) is 7.88. The van der Waals surface area contributed by atoms with Crippen molar-refractivity contribution in [2.45, 2.75) is 51.6 Å². The van der Waals surface area contributed by atoms with E-state index in [1.54, 1.807) is 0 Å². The van der Waals surface area contributed by atoms with E-state index >= 15 is 0 Å². The number of carbonyl (C=O) groups excluding carboxylic acids is 1. The molecule has 2 saturated heterocycles. The molecule has 0 amide bonds. The number of hydrogen-bond donors (Lipinski definition) is 1. The van der Waals surface area contributed by atoms with E-state index in [0.29, 0.717) is 17.8 Å². The third-order valence-corrected chi connectivity index (χ3v) is 4.57. The molecule has 6 nitrogen and oxygen atoms in total. The Morgan fingerprint density at radius 2 is 2.14 bits per heavy atom. The Labute approximate surface area is 130 Å². The highest BCUT2D eigenvalue weighted by Crippen LogP contribution is 2.26. The van der Waals surface area contributed by atoms with Gasteiger partial charge in [-0.05, 0) is 25.5 Å². The Hall–Kier alpha value is -1.37. The predicted molar refractivity (Wildman–Crippen MR) is 80.0 cm³/mol. The number of aliphatic hydroxyl groups excluding tert-OH is 1. The molecule has 2 aliphatic heterocycles. The summed E-state index contributed by atoms with van der Waals surface area (Å²) in [7, 11) is 0. The number of hydrogen-bond acceptors (Lipinski definition) is 6. The van der Waals surface area contributed by atoms with Crippen LogP contribution < -0.4 is 0 Å². The molecule has 0 aliphatic carbocycles. The van der Waals surface area contributed by atoms with Crippen molar-refractivity contribution in [1.29, 1.82) is 0 Å². The van der Waals surface area contributed by atoms with E-state index in [4.69, 9.17) is 9.15 Å². The molecule has 3 rings (SSSR count). The van der Waals surface area contributed by atoms with Gasteiger partial charge in [-0.1, -0.05) is 0 Å². The average Bonchev–Trinajstić information content (AvgIpc) is 3.02. The summed E-state index contributed by atoms with van der Waals surface area (Å²) >= 11 is 0. The maximum absolute atomic E-state index is 10.8. The molecule has 2 fully saturated rings. The third-order valence-electron chi connectivity index (χ3n) is 4.57. The van der Waals surface area contributed by atoms with Crippen LogP contribution in [-0.2, 0) is 22.7 Å². The maximum atomic E-state index is 10.8. The van der Waals surface area contributed by atoms with E-state index in [1.807, 2.05) is 12.1 Å². The highest BCUT2D eigenvalue weighted by atomic mass is 16.5. The maximum Gasteiger partial charge on any atom is 0.303 e. The van der Waals surface area contributed by atoms with Gasteiger partial charge in [0.25, 0.3) is 0 Å². The van der Waals surface area contributed by atoms with Gasteiger partial charge in [0.15, 0.2) is 0 Å². The molecule has 1 aromatic rings. The van der Waals surface area contributed by atoms with Crippen LogP contribution in [0, 0.1) is 0 Å². The summed E-state index contributed by atoms with van der Waals surface area (Å²) in [6.07, 6.45) is 0.676. The average molecular weight is 308 g/mol. The van der Waals surface area contributed by atoms with Crippen molar-refractivity contribution in [2.24, 2.45) is 0 Å². The predicted octanol–water partition coefficient (Wildman–Crippen LogP) is 0.982. The van der Waals surface area contributed by atoms with Crippen molar-refractivity contribution in [3.05, 3.63) is 23.7 Å². The first-order valence-corrected chi connectivity index (χ1v) is 7.88. The molecule has 122 valence electrons. The Balaban J connectivity index is 1.57. The third kappa shape index (κ3) is 3.51. The van der Waals surface area contributed by atoms with Crippen LogP contribution in [0.4, 0.5) is 0 Å². The second-order valence-electron chi connectivity index (χ2n) is 6.42. The first-order chi connectivity index (χ1) is 10.5. The van der Waals surface area contributed by atoms with E-state index < -0.39 is 0 Å². The van der Waals surface area contributed by atoms with E-state index in [1.165, 1.54) is 6.92 Å². The molecule has 3 atom stereocenters. The molecule has 2 aliphatic rings. The minimum atomic E-state index is -0.303. The van der Waals surface area contributed by atoms with Crippen molar-refractivity contribution in [2.75, 3.05) is 19.6 Å². The largest absolute Gasteiger partial charge is 0.461 e. The van der Waals surface area contributed by atoms with E-state index in [0.717, 1.165) is 38.4 Å². The molecule has 0 radical (unpaired) electrons. The fourth-order valence-electron chi connectivity index (χ4n) is 3.45. The Morgan fingerprint density at radius 1 is 1.36 bits per heavy atom. The van der Waals surface area contributed by atoms with E-state index in [9.17, 15) is 9.90 Å². The molecular formula is C16H24N2O4. The number of carbonyl (C=O) groups is 1. The van der Waals surface area contributed by atoms with Gasteiger partial charge in [0, 0.05) is 38.6 Å². The summed E-state index contributed by atoms with van der Waals surface area (Å²) in [5.74, 6) is 1.26. The molecule has 0 unspecified atom stereocenters. The molecule has 1 N–H and O–H groups in total. The van der Waals surface area contributed by atoms with Crippen LogP contribution in [-0.4, -0.2) is 58.7 Å². The van der Waals surface area contributed by atoms with Crippen LogP contribution in [0.15, 0.2) is 16.5 Å². The zero-order valence-electron chi connectivity index (χ0n) is 13.2. The SMILES string of the molecule is CC(=O)OCc1ccc(CN2C[C@@H]3C[C@@H](O)CN3C[C@H]2C)o1. The summed E-state index contributed by atoms with van der Waals surface area (Å²) in [4.78, 5) is 15.6. The monoisotopic (exact) mass is 308 g/mol. The lowest BCUT2D eigenvalue weighted by Crippen LogP contribution is -2.54. The van der Waals surface area contributed by atoms with Crippen molar-refractivity contribution in [3.8, 4) is 0 Å². The Kier molecular flexibility index (Phi) is 4.52. The summed E-state index contributed by atoms with van der Waals surface area (Å²) < 4.78 is 10.7. The minimum absolute atomic E-state index is 0.184. The Bertz CT molecular complexity index is 530. The van der Waals surface area contributed by atoms with Crippen molar-refractivity contribution in [3.63, 3.8) is 0 Å². The lowest BCUT2D eigenvalue weighted by Gasteiger charge is -2.41. The van der Waals surface area contributed by atoms with Crippen molar-refractivity contribution in [1.82, 2.24) is 9.80 Å². The van der Waals surface area contributed by atoms with Gasteiger partial charge in [0.05, 0.1) is 12.6 Å². The summed E-state index contributed by atoms with van der Waals surface area (Å²) in [6, 6.07) is 4.69. The topological polar surface area (TPSA) is 66.2 Å². The van der Waals surface area contributed by atoms with Crippen LogP contribution >= 0.6 is 0 Å². The molecule has 0 bridgehead atoms. The molecule has 22 heavy (non-hydrogen) atoms. The van der Waals surface area contributed by atoms with Gasteiger partial charge in [-0.2, -0.15) is 0 Å². The highest BCUT2D eigenvalue weighted by molar-refractivity contribution is 5.65. The molecule has 6 heteroatoms. The summed E-state index contributed by atoms with van der Waals surface area (Å²) in [6.45, 7) is 7.29. The number of ether oxygens (including phenoxy) is 1. The number of fused-ring (bicyclic) bond motifs is 1. The first kappa shape index (κ1) is 15.5. The molecule has 1 aromatic heterocycles. The number of furan rings is 1. The number of esters is 1. The van der Waals surface area contributed by atoms with Gasteiger partial charge in [-0.15, -0.1) is 0 Å². The number of aliphatic hydroxyl groups is 1. The lowest BCUT2D eigenvalue weighted by molar-refractivity contribution is -0.142. The van der Waals surface area contributed by atoms with Gasteiger partial charge in [-0.25, -0.2) is 0 Å². The fourth-order valence-corrected chi connectivity index (χ4v) is 3.45. The minimum Gasteiger partial charge on any atom is -0.461 e. The van der Waals surface area contributed by atoms with Crippen molar-refractivity contribution < 1.29 is 19.1 Å². The van der Waals surface area contributed by atoms with Crippen LogP contribution in [0.5, 0.6) is 0 Å².